The van der Waals surface area contributed by atoms with Crippen molar-refractivity contribution in [2.75, 3.05) is 14.2 Å². The summed E-state index contributed by atoms with van der Waals surface area (Å²) in [4.78, 5) is 18.0. The molecule has 3 aromatic heterocycles. The Bertz CT molecular complexity index is 1300. The van der Waals surface area contributed by atoms with E-state index in [1.54, 1.807) is 27.2 Å². The maximum absolute atomic E-state index is 13.4. The third-order valence-electron chi connectivity index (χ3n) is 5.43. The number of hydrogen-bond donors (Lipinski definition) is 1. The minimum atomic E-state index is -0.350. The molecule has 1 atom stereocenters. The first-order chi connectivity index (χ1) is 15.3. The monoisotopic (exact) mass is 435 g/mol. The molecule has 0 spiro atoms. The van der Waals surface area contributed by atoms with E-state index in [-0.39, 0.29) is 11.9 Å². The summed E-state index contributed by atoms with van der Waals surface area (Å²) in [5.74, 6) is 2.53. The van der Waals surface area contributed by atoms with Gasteiger partial charge in [-0.05, 0) is 58.0 Å². The minimum absolute atomic E-state index is 0.278. The lowest BCUT2D eigenvalue weighted by molar-refractivity contribution is 0.0941. The molecule has 1 unspecified atom stereocenters. The summed E-state index contributed by atoms with van der Waals surface area (Å²) in [7, 11) is 3.19. The van der Waals surface area contributed by atoms with Gasteiger partial charge in [0.25, 0.3) is 11.6 Å². The van der Waals surface area contributed by atoms with Crippen molar-refractivity contribution in [2.24, 2.45) is 0 Å². The van der Waals surface area contributed by atoms with Crippen LogP contribution in [0.3, 0.4) is 0 Å². The number of carbonyl (C=O) groups excluding carboxylic acids is 1. The molecule has 3 heterocycles. The number of pyridine rings is 1. The van der Waals surface area contributed by atoms with Crippen molar-refractivity contribution in [1.29, 1.82) is 0 Å². The molecule has 0 radical (unpaired) electrons. The van der Waals surface area contributed by atoms with E-state index in [9.17, 15) is 4.79 Å². The highest BCUT2D eigenvalue weighted by Crippen LogP contribution is 2.32. The lowest BCUT2D eigenvalue weighted by Crippen LogP contribution is -2.27. The van der Waals surface area contributed by atoms with E-state index in [1.807, 2.05) is 45.0 Å². The van der Waals surface area contributed by atoms with E-state index >= 15 is 0 Å². The molecule has 0 saturated carbocycles. The molecular weight excluding hydrogens is 410 g/mol. The van der Waals surface area contributed by atoms with Gasteiger partial charge in [-0.3, -0.25) is 4.79 Å². The van der Waals surface area contributed by atoms with Gasteiger partial charge in [0.15, 0.2) is 0 Å². The van der Waals surface area contributed by atoms with Crippen LogP contribution in [0, 0.1) is 20.8 Å². The van der Waals surface area contributed by atoms with E-state index in [4.69, 9.17) is 18.4 Å². The lowest BCUT2D eigenvalue weighted by atomic mass is 10.0. The highest BCUT2D eigenvalue weighted by molar-refractivity contribution is 6.07. The number of nitrogens with zero attached hydrogens (tertiary/aromatic N) is 2. The van der Waals surface area contributed by atoms with Crippen LogP contribution in [0.5, 0.6) is 11.5 Å². The molecule has 1 aromatic carbocycles. The van der Waals surface area contributed by atoms with Gasteiger partial charge in [-0.1, -0.05) is 5.16 Å². The number of fused-ring (bicyclic) bond motifs is 1. The molecule has 0 saturated heterocycles. The smallest absolute Gasteiger partial charge is 0.259 e. The zero-order valence-electron chi connectivity index (χ0n) is 18.9. The molecule has 8 nitrogen and oxygen atoms in total. The summed E-state index contributed by atoms with van der Waals surface area (Å²) in [6.45, 7) is 7.39. The molecule has 0 aliphatic carbocycles. The van der Waals surface area contributed by atoms with Gasteiger partial charge in [-0.2, -0.15) is 0 Å². The van der Waals surface area contributed by atoms with Crippen LogP contribution in [-0.2, 0) is 0 Å². The third-order valence-corrected chi connectivity index (χ3v) is 5.43. The molecule has 0 fully saturated rings. The first-order valence-corrected chi connectivity index (χ1v) is 10.2. The number of amides is 1. The van der Waals surface area contributed by atoms with Crippen molar-refractivity contribution in [3.8, 4) is 22.8 Å². The van der Waals surface area contributed by atoms with Gasteiger partial charge >= 0.3 is 0 Å². The largest absolute Gasteiger partial charge is 0.497 e. The van der Waals surface area contributed by atoms with Crippen LogP contribution >= 0.6 is 0 Å². The van der Waals surface area contributed by atoms with Crippen molar-refractivity contribution in [3.05, 3.63) is 58.7 Å². The Morgan fingerprint density at radius 3 is 2.53 bits per heavy atom. The van der Waals surface area contributed by atoms with Crippen LogP contribution in [0.15, 0.2) is 39.3 Å². The second-order valence-electron chi connectivity index (χ2n) is 7.63. The Balaban J connectivity index is 1.75. The molecule has 0 aliphatic heterocycles. The molecular formula is C24H25N3O5. The molecule has 0 bridgehead atoms. The standard InChI is InChI=1S/C24H25N3O5/c1-12-9-18(15(4)31-12)20-11-19(22-14(3)27-32-24(22)26-20)23(28)25-13(2)17-10-16(29-5)7-8-21(17)30-6/h7-11,13H,1-6H3,(H,25,28). The van der Waals surface area contributed by atoms with Crippen molar-refractivity contribution in [3.63, 3.8) is 0 Å². The molecule has 4 aromatic rings. The van der Waals surface area contributed by atoms with Gasteiger partial charge in [-0.15, -0.1) is 0 Å². The zero-order valence-corrected chi connectivity index (χ0v) is 18.9. The predicted octanol–water partition coefficient (Wildman–Crippen LogP) is 4.92. The summed E-state index contributed by atoms with van der Waals surface area (Å²) in [6.07, 6.45) is 0. The number of methoxy groups -OCH3 is 2. The van der Waals surface area contributed by atoms with E-state index < -0.39 is 0 Å². The van der Waals surface area contributed by atoms with Crippen molar-refractivity contribution in [1.82, 2.24) is 15.5 Å². The summed E-state index contributed by atoms with van der Waals surface area (Å²) in [5.41, 5.74) is 3.51. The minimum Gasteiger partial charge on any atom is -0.497 e. The number of rotatable bonds is 6. The van der Waals surface area contributed by atoms with Crippen molar-refractivity contribution < 1.29 is 23.2 Å². The first kappa shape index (κ1) is 21.4. The zero-order chi connectivity index (χ0) is 23.0. The second kappa shape index (κ2) is 8.37. The fourth-order valence-corrected chi connectivity index (χ4v) is 3.83. The summed E-state index contributed by atoms with van der Waals surface area (Å²) < 4.78 is 21.8. The van der Waals surface area contributed by atoms with Gasteiger partial charge in [0.1, 0.15) is 23.0 Å². The van der Waals surface area contributed by atoms with Crippen LogP contribution in [0.2, 0.25) is 0 Å². The quantitative estimate of drug-likeness (QED) is 0.459. The maximum Gasteiger partial charge on any atom is 0.259 e. The molecule has 8 heteroatoms. The molecule has 4 rings (SSSR count). The molecule has 1 N–H and O–H groups in total. The summed E-state index contributed by atoms with van der Waals surface area (Å²) >= 11 is 0. The topological polar surface area (TPSA) is 99.6 Å². The maximum atomic E-state index is 13.4. The van der Waals surface area contributed by atoms with Crippen LogP contribution in [-0.4, -0.2) is 30.3 Å². The number of benzene rings is 1. The molecule has 0 aliphatic rings. The predicted molar refractivity (Wildman–Crippen MR) is 119 cm³/mol. The molecule has 166 valence electrons. The number of carbonyl (C=O) groups is 1. The van der Waals surface area contributed by atoms with E-state index in [1.165, 1.54) is 0 Å². The third kappa shape index (κ3) is 3.79. The fourth-order valence-electron chi connectivity index (χ4n) is 3.83. The van der Waals surface area contributed by atoms with Gasteiger partial charge in [0.05, 0.1) is 42.6 Å². The SMILES string of the molecule is COc1ccc(OC)c(C(C)NC(=O)c2cc(-c3cc(C)oc3C)nc3onc(C)c23)c1. The van der Waals surface area contributed by atoms with Crippen LogP contribution in [0.4, 0.5) is 0 Å². The number of hydrogen-bond acceptors (Lipinski definition) is 7. The number of aryl methyl sites for hydroxylation is 3. The Labute approximate surface area is 185 Å². The number of ether oxygens (including phenoxy) is 2. The van der Waals surface area contributed by atoms with Crippen molar-refractivity contribution >= 4 is 17.0 Å². The summed E-state index contributed by atoms with van der Waals surface area (Å²) in [5, 5.41) is 7.64. The number of aromatic nitrogens is 2. The highest BCUT2D eigenvalue weighted by Gasteiger charge is 2.23. The van der Waals surface area contributed by atoms with E-state index in [0.717, 1.165) is 16.9 Å². The Kier molecular flexibility index (Phi) is 5.61. The Hall–Kier alpha value is -3.81. The first-order valence-electron chi connectivity index (χ1n) is 10.2. The van der Waals surface area contributed by atoms with E-state index in [2.05, 4.69) is 15.5 Å². The van der Waals surface area contributed by atoms with E-state index in [0.29, 0.717) is 45.3 Å². The fraction of sp³-hybridized carbons (Fsp3) is 0.292. The van der Waals surface area contributed by atoms with Gasteiger partial charge < -0.3 is 23.7 Å². The number of furan rings is 1. The average molecular weight is 435 g/mol. The molecule has 32 heavy (non-hydrogen) atoms. The molecule has 1 amide bonds. The van der Waals surface area contributed by atoms with Gasteiger partial charge in [0, 0.05) is 11.1 Å². The Morgan fingerprint density at radius 1 is 1.09 bits per heavy atom. The average Bonchev–Trinajstić information content (AvgIpc) is 3.33. The van der Waals surface area contributed by atoms with Gasteiger partial charge in [-0.25, -0.2) is 4.98 Å². The lowest BCUT2D eigenvalue weighted by Gasteiger charge is -2.18. The highest BCUT2D eigenvalue weighted by atomic mass is 16.5. The Morgan fingerprint density at radius 2 is 1.88 bits per heavy atom. The summed E-state index contributed by atoms with van der Waals surface area (Å²) in [6, 6.07) is 8.75. The second-order valence-corrected chi connectivity index (χ2v) is 7.63. The van der Waals surface area contributed by atoms with Crippen LogP contribution in [0.25, 0.3) is 22.4 Å². The van der Waals surface area contributed by atoms with Crippen LogP contribution in [0.1, 0.15) is 46.1 Å². The normalized spacial score (nSPS) is 12.1. The van der Waals surface area contributed by atoms with Crippen molar-refractivity contribution in [2.45, 2.75) is 33.7 Å². The number of nitrogens with one attached hydrogen (secondary N) is 1. The van der Waals surface area contributed by atoms with Gasteiger partial charge in [0.2, 0.25) is 0 Å². The van der Waals surface area contributed by atoms with Crippen LogP contribution < -0.4 is 14.8 Å².